The first kappa shape index (κ1) is 22.7. The van der Waals surface area contributed by atoms with E-state index in [4.69, 9.17) is 9.47 Å². The molecule has 0 fully saturated rings. The highest BCUT2D eigenvalue weighted by Gasteiger charge is 2.31. The monoisotopic (exact) mass is 465 g/mol. The van der Waals surface area contributed by atoms with Crippen LogP contribution < -0.4 is 14.2 Å². The summed E-state index contributed by atoms with van der Waals surface area (Å²) >= 11 is 1.31. The number of halogens is 1. The molecule has 1 aliphatic rings. The van der Waals surface area contributed by atoms with E-state index in [2.05, 4.69) is 9.82 Å². The van der Waals surface area contributed by atoms with E-state index in [1.807, 2.05) is 48.5 Å². The van der Waals surface area contributed by atoms with Crippen molar-refractivity contribution in [1.82, 2.24) is 5.01 Å². The molecule has 1 N–H and O–H groups in total. The van der Waals surface area contributed by atoms with Gasteiger partial charge in [0.25, 0.3) is 0 Å². The Morgan fingerprint density at radius 1 is 1.06 bits per heavy atom. The second-order valence-corrected chi connectivity index (χ2v) is 8.36. The van der Waals surface area contributed by atoms with E-state index < -0.39 is 5.82 Å². The van der Waals surface area contributed by atoms with Crippen LogP contribution in [0.25, 0.3) is 0 Å². The van der Waals surface area contributed by atoms with Crippen LogP contribution in [0.3, 0.4) is 0 Å². The summed E-state index contributed by atoms with van der Waals surface area (Å²) in [6.07, 6.45) is 0.624. The number of anilines is 1. The highest BCUT2D eigenvalue weighted by Crippen LogP contribution is 2.34. The molecule has 1 heterocycles. The van der Waals surface area contributed by atoms with Gasteiger partial charge in [-0.3, -0.25) is 4.79 Å². The van der Waals surface area contributed by atoms with E-state index in [0.29, 0.717) is 6.42 Å². The largest absolute Gasteiger partial charge is 0.497 e. The van der Waals surface area contributed by atoms with Crippen molar-refractivity contribution in [2.24, 2.45) is 5.10 Å². The molecular formula is C25H24FN3O3S. The summed E-state index contributed by atoms with van der Waals surface area (Å²) in [5.41, 5.74) is 3.67. The second kappa shape index (κ2) is 9.95. The van der Waals surface area contributed by atoms with Gasteiger partial charge >= 0.3 is 0 Å². The number of benzene rings is 3. The van der Waals surface area contributed by atoms with Crippen molar-refractivity contribution >= 4 is 29.3 Å². The SMILES string of the molecule is COc1ccc(C2CC(c3ccc(NSc4ccc(OC)c(F)c4)cc3)=NN2C(C)=O)cc1. The van der Waals surface area contributed by atoms with Gasteiger partial charge in [-0.15, -0.1) is 0 Å². The number of nitrogens with one attached hydrogen (secondary N) is 1. The molecule has 0 saturated heterocycles. The molecule has 170 valence electrons. The number of rotatable bonds is 7. The van der Waals surface area contributed by atoms with Crippen LogP contribution in [0.4, 0.5) is 10.1 Å². The molecule has 3 aromatic carbocycles. The third-order valence-corrected chi connectivity index (χ3v) is 6.19. The number of hydrogen-bond acceptors (Lipinski definition) is 6. The van der Waals surface area contributed by atoms with Crippen molar-refractivity contribution in [3.8, 4) is 11.5 Å². The van der Waals surface area contributed by atoms with Crippen LogP contribution in [0.5, 0.6) is 11.5 Å². The van der Waals surface area contributed by atoms with Crippen molar-refractivity contribution in [3.05, 3.63) is 83.7 Å². The number of carbonyl (C=O) groups is 1. The zero-order valence-electron chi connectivity index (χ0n) is 18.5. The van der Waals surface area contributed by atoms with Crippen LogP contribution in [0, 0.1) is 5.82 Å². The first-order valence-corrected chi connectivity index (χ1v) is 11.2. The Bertz CT molecular complexity index is 1170. The predicted octanol–water partition coefficient (Wildman–Crippen LogP) is 5.66. The molecule has 1 aliphatic heterocycles. The van der Waals surface area contributed by atoms with Crippen LogP contribution in [-0.4, -0.2) is 30.8 Å². The van der Waals surface area contributed by atoms with Crippen molar-refractivity contribution in [1.29, 1.82) is 0 Å². The van der Waals surface area contributed by atoms with Gasteiger partial charge in [-0.05, 0) is 65.5 Å². The molecule has 6 nitrogen and oxygen atoms in total. The number of ether oxygens (including phenoxy) is 2. The lowest BCUT2D eigenvalue weighted by molar-refractivity contribution is -0.130. The normalized spacial score (nSPS) is 15.2. The third kappa shape index (κ3) is 5.12. The maximum atomic E-state index is 13.9. The molecule has 0 saturated carbocycles. The van der Waals surface area contributed by atoms with Crippen LogP contribution in [0.15, 0.2) is 76.7 Å². The van der Waals surface area contributed by atoms with Gasteiger partial charge in [-0.25, -0.2) is 9.40 Å². The van der Waals surface area contributed by atoms with Gasteiger partial charge in [0.2, 0.25) is 5.91 Å². The molecule has 0 bridgehead atoms. The minimum atomic E-state index is -0.402. The average Bonchev–Trinajstić information content (AvgIpc) is 3.29. The number of hydrogen-bond donors (Lipinski definition) is 1. The fourth-order valence-electron chi connectivity index (χ4n) is 3.62. The van der Waals surface area contributed by atoms with Gasteiger partial charge < -0.3 is 14.2 Å². The maximum absolute atomic E-state index is 13.9. The Hall–Kier alpha value is -3.52. The van der Waals surface area contributed by atoms with Crippen molar-refractivity contribution < 1.29 is 18.7 Å². The first-order valence-electron chi connectivity index (χ1n) is 10.4. The predicted molar refractivity (Wildman–Crippen MR) is 128 cm³/mol. The van der Waals surface area contributed by atoms with Crippen LogP contribution in [0.1, 0.15) is 30.5 Å². The summed E-state index contributed by atoms with van der Waals surface area (Å²) in [4.78, 5) is 12.9. The van der Waals surface area contributed by atoms with Crippen molar-refractivity contribution in [2.45, 2.75) is 24.3 Å². The summed E-state index contributed by atoms with van der Waals surface area (Å²) in [7, 11) is 3.06. The Labute approximate surface area is 196 Å². The molecule has 33 heavy (non-hydrogen) atoms. The third-order valence-electron chi connectivity index (χ3n) is 5.36. The molecule has 0 spiro atoms. The fraction of sp³-hybridized carbons (Fsp3) is 0.200. The number of methoxy groups -OCH3 is 2. The van der Waals surface area contributed by atoms with E-state index in [9.17, 15) is 9.18 Å². The van der Waals surface area contributed by atoms with Gasteiger partial charge in [-0.1, -0.05) is 24.3 Å². The molecule has 1 atom stereocenters. The Morgan fingerprint density at radius 3 is 2.39 bits per heavy atom. The Morgan fingerprint density at radius 2 is 1.79 bits per heavy atom. The summed E-state index contributed by atoms with van der Waals surface area (Å²) in [6, 6.07) is 20.2. The fourth-order valence-corrected chi connectivity index (χ4v) is 4.29. The highest BCUT2D eigenvalue weighted by molar-refractivity contribution is 8.00. The summed E-state index contributed by atoms with van der Waals surface area (Å²) in [5, 5.41) is 6.14. The molecule has 0 aromatic heterocycles. The van der Waals surface area contributed by atoms with Crippen LogP contribution >= 0.6 is 11.9 Å². The minimum absolute atomic E-state index is 0.104. The summed E-state index contributed by atoms with van der Waals surface area (Å²) in [5.74, 6) is 0.478. The van der Waals surface area contributed by atoms with Crippen LogP contribution in [0.2, 0.25) is 0 Å². The van der Waals surface area contributed by atoms with E-state index in [1.165, 1.54) is 37.1 Å². The quantitative estimate of drug-likeness (QED) is 0.456. The average molecular weight is 466 g/mol. The van der Waals surface area contributed by atoms with Gasteiger partial charge in [0.05, 0.1) is 26.0 Å². The molecule has 3 aromatic rings. The lowest BCUT2D eigenvalue weighted by atomic mass is 9.98. The zero-order chi connectivity index (χ0) is 23.4. The second-order valence-electron chi connectivity index (χ2n) is 7.48. The summed E-state index contributed by atoms with van der Waals surface area (Å²) in [6.45, 7) is 1.52. The van der Waals surface area contributed by atoms with Gasteiger partial charge in [0.1, 0.15) is 5.75 Å². The molecule has 8 heteroatoms. The lowest BCUT2D eigenvalue weighted by Crippen LogP contribution is -2.24. The highest BCUT2D eigenvalue weighted by atomic mass is 32.2. The van der Waals surface area contributed by atoms with E-state index in [1.54, 1.807) is 19.2 Å². The molecule has 0 aliphatic carbocycles. The van der Waals surface area contributed by atoms with E-state index >= 15 is 0 Å². The van der Waals surface area contributed by atoms with Crippen molar-refractivity contribution in [2.75, 3.05) is 18.9 Å². The number of amides is 1. The standard InChI is InChI=1S/C25H24FN3O3S/c1-16(30)29-24(18-6-10-20(31-2)11-7-18)15-23(27-29)17-4-8-19(9-5-17)28-33-21-12-13-25(32-3)22(26)14-21/h4-14,24,28H,15H2,1-3H3. The van der Waals surface area contributed by atoms with Crippen molar-refractivity contribution in [3.63, 3.8) is 0 Å². The molecular weight excluding hydrogens is 441 g/mol. The topological polar surface area (TPSA) is 63.2 Å². The lowest BCUT2D eigenvalue weighted by Gasteiger charge is -2.20. The molecule has 1 unspecified atom stereocenters. The van der Waals surface area contributed by atoms with Gasteiger partial charge in [-0.2, -0.15) is 5.10 Å². The maximum Gasteiger partial charge on any atom is 0.240 e. The molecule has 4 rings (SSSR count). The van der Waals surface area contributed by atoms with Gasteiger partial charge in [0.15, 0.2) is 11.6 Å². The smallest absolute Gasteiger partial charge is 0.240 e. The molecule has 0 radical (unpaired) electrons. The molecule has 1 amide bonds. The number of nitrogens with zero attached hydrogens (tertiary/aromatic N) is 2. The first-order chi connectivity index (χ1) is 16.0. The van der Waals surface area contributed by atoms with E-state index in [-0.39, 0.29) is 17.7 Å². The number of hydrazone groups is 1. The Kier molecular flexibility index (Phi) is 6.84. The van der Waals surface area contributed by atoms with Crippen LogP contribution in [-0.2, 0) is 4.79 Å². The Balaban J connectivity index is 1.44. The zero-order valence-corrected chi connectivity index (χ0v) is 19.4. The number of carbonyl (C=O) groups excluding carboxylic acids is 1. The summed E-state index contributed by atoms with van der Waals surface area (Å²) < 4.78 is 27.3. The van der Waals surface area contributed by atoms with E-state index in [0.717, 1.165) is 33.2 Å². The van der Waals surface area contributed by atoms with Gasteiger partial charge in [0, 0.05) is 23.9 Å². The minimum Gasteiger partial charge on any atom is -0.497 e.